The third-order valence-electron chi connectivity index (χ3n) is 2.81. The summed E-state index contributed by atoms with van der Waals surface area (Å²) in [5.41, 5.74) is 3.36. The van der Waals surface area contributed by atoms with Crippen LogP contribution in [-0.4, -0.2) is 23.2 Å². The lowest BCUT2D eigenvalue weighted by Gasteiger charge is -2.09. The lowest BCUT2D eigenvalue weighted by Crippen LogP contribution is -2.09. The van der Waals surface area contributed by atoms with E-state index in [1.807, 2.05) is 18.2 Å². The summed E-state index contributed by atoms with van der Waals surface area (Å²) in [6.07, 6.45) is 2.54. The van der Waals surface area contributed by atoms with Gasteiger partial charge in [-0.3, -0.25) is 0 Å². The number of fused-ring (bicyclic) bond motifs is 1. The molecule has 6 nitrogen and oxygen atoms in total. The minimum Gasteiger partial charge on any atom is -0.490 e. The van der Waals surface area contributed by atoms with E-state index in [9.17, 15) is 0 Å². The van der Waals surface area contributed by atoms with Crippen molar-refractivity contribution in [2.45, 2.75) is 6.42 Å². The Kier molecular flexibility index (Phi) is 3.16. The van der Waals surface area contributed by atoms with Gasteiger partial charge in [0.1, 0.15) is 5.82 Å². The van der Waals surface area contributed by atoms with Crippen molar-refractivity contribution < 1.29 is 9.47 Å². The summed E-state index contributed by atoms with van der Waals surface area (Å²) in [6.45, 7) is 1.33. The van der Waals surface area contributed by atoms with Crippen molar-refractivity contribution in [1.82, 2.24) is 9.97 Å². The van der Waals surface area contributed by atoms with Crippen LogP contribution in [0.4, 0.5) is 5.82 Å². The van der Waals surface area contributed by atoms with Crippen molar-refractivity contribution in [1.29, 1.82) is 0 Å². The fourth-order valence-corrected chi connectivity index (χ4v) is 1.88. The maximum atomic E-state index is 5.65. The number of rotatable bonds is 2. The molecule has 1 aromatic heterocycles. The number of hydrogen-bond donors (Lipinski definition) is 2. The lowest BCUT2D eigenvalue weighted by molar-refractivity contribution is 0.297. The molecule has 0 fully saturated rings. The van der Waals surface area contributed by atoms with Crippen LogP contribution in [0.15, 0.2) is 30.5 Å². The van der Waals surface area contributed by atoms with Crippen LogP contribution in [0.5, 0.6) is 11.5 Å². The normalized spacial score (nSPS) is 13.7. The Morgan fingerprint density at radius 1 is 1.11 bits per heavy atom. The summed E-state index contributed by atoms with van der Waals surface area (Å²) in [6, 6.07) is 7.37. The molecule has 2 heterocycles. The molecule has 1 aliphatic heterocycles. The van der Waals surface area contributed by atoms with Gasteiger partial charge in [0.05, 0.1) is 13.2 Å². The van der Waals surface area contributed by atoms with E-state index in [2.05, 4.69) is 15.4 Å². The molecule has 3 rings (SSSR count). The monoisotopic (exact) mass is 258 g/mol. The highest BCUT2D eigenvalue weighted by molar-refractivity contribution is 5.62. The predicted octanol–water partition coefficient (Wildman–Crippen LogP) is 1.59. The first-order valence-electron chi connectivity index (χ1n) is 6.06. The Bertz CT molecular complexity index is 589. The van der Waals surface area contributed by atoms with Crippen molar-refractivity contribution in [3.8, 4) is 22.9 Å². The van der Waals surface area contributed by atoms with Gasteiger partial charge in [-0.25, -0.2) is 15.8 Å². The van der Waals surface area contributed by atoms with Crippen molar-refractivity contribution in [2.75, 3.05) is 18.6 Å². The van der Waals surface area contributed by atoms with Gasteiger partial charge < -0.3 is 14.9 Å². The molecule has 19 heavy (non-hydrogen) atoms. The number of hydrazine groups is 1. The van der Waals surface area contributed by atoms with Gasteiger partial charge in [-0.2, -0.15) is 0 Å². The SMILES string of the molecule is NNc1ccnc(-c2ccc3c(c2)OCCCO3)n1. The first-order chi connectivity index (χ1) is 9.36. The second-order valence-electron chi connectivity index (χ2n) is 4.12. The zero-order chi connectivity index (χ0) is 13.1. The highest BCUT2D eigenvalue weighted by Crippen LogP contribution is 2.33. The van der Waals surface area contributed by atoms with Gasteiger partial charge in [-0.15, -0.1) is 0 Å². The number of aromatic nitrogens is 2. The maximum Gasteiger partial charge on any atom is 0.161 e. The second-order valence-corrected chi connectivity index (χ2v) is 4.12. The summed E-state index contributed by atoms with van der Waals surface area (Å²) in [4.78, 5) is 8.52. The van der Waals surface area contributed by atoms with Gasteiger partial charge in [0.25, 0.3) is 0 Å². The molecule has 98 valence electrons. The van der Waals surface area contributed by atoms with Crippen molar-refractivity contribution in [2.24, 2.45) is 5.84 Å². The number of nitrogens with zero attached hydrogens (tertiary/aromatic N) is 2. The van der Waals surface area contributed by atoms with Crippen molar-refractivity contribution in [3.63, 3.8) is 0 Å². The molecule has 0 atom stereocenters. The molecule has 1 aromatic carbocycles. The topological polar surface area (TPSA) is 82.3 Å². The minimum absolute atomic E-state index is 0.567. The van der Waals surface area contributed by atoms with Crippen LogP contribution >= 0.6 is 0 Å². The molecular weight excluding hydrogens is 244 g/mol. The minimum atomic E-state index is 0.567. The van der Waals surface area contributed by atoms with E-state index in [-0.39, 0.29) is 0 Å². The zero-order valence-electron chi connectivity index (χ0n) is 10.3. The van der Waals surface area contributed by atoms with E-state index in [4.69, 9.17) is 15.3 Å². The molecule has 0 unspecified atom stereocenters. The third-order valence-corrected chi connectivity index (χ3v) is 2.81. The Morgan fingerprint density at radius 2 is 1.95 bits per heavy atom. The molecule has 0 radical (unpaired) electrons. The van der Waals surface area contributed by atoms with Crippen LogP contribution in [0.2, 0.25) is 0 Å². The fraction of sp³-hybridized carbons (Fsp3) is 0.231. The average molecular weight is 258 g/mol. The van der Waals surface area contributed by atoms with Gasteiger partial charge in [0.15, 0.2) is 17.3 Å². The van der Waals surface area contributed by atoms with Crippen LogP contribution in [0, 0.1) is 0 Å². The highest BCUT2D eigenvalue weighted by Gasteiger charge is 2.12. The molecule has 0 saturated heterocycles. The Morgan fingerprint density at radius 3 is 2.79 bits per heavy atom. The molecule has 0 saturated carbocycles. The number of nitrogens with two attached hydrogens (primary N) is 1. The van der Waals surface area contributed by atoms with Crippen molar-refractivity contribution >= 4 is 5.82 Å². The first kappa shape index (κ1) is 11.7. The van der Waals surface area contributed by atoms with E-state index in [0.717, 1.165) is 23.5 Å². The molecule has 2 aromatic rings. The van der Waals surface area contributed by atoms with Crippen molar-refractivity contribution in [3.05, 3.63) is 30.5 Å². The Labute approximate surface area is 110 Å². The quantitative estimate of drug-likeness (QED) is 0.628. The molecule has 0 spiro atoms. The van der Waals surface area contributed by atoms with E-state index in [0.29, 0.717) is 24.9 Å². The lowest BCUT2D eigenvalue weighted by atomic mass is 10.2. The van der Waals surface area contributed by atoms with Gasteiger partial charge in [0.2, 0.25) is 0 Å². The molecular formula is C13H14N4O2. The van der Waals surface area contributed by atoms with E-state index in [1.54, 1.807) is 12.3 Å². The van der Waals surface area contributed by atoms with E-state index in [1.165, 1.54) is 0 Å². The molecule has 0 aliphatic carbocycles. The molecule has 0 bridgehead atoms. The van der Waals surface area contributed by atoms with Gasteiger partial charge >= 0.3 is 0 Å². The van der Waals surface area contributed by atoms with Gasteiger partial charge in [-0.05, 0) is 18.2 Å². The Hall–Kier alpha value is -2.34. The second kappa shape index (κ2) is 5.11. The largest absolute Gasteiger partial charge is 0.490 e. The number of hydrogen-bond acceptors (Lipinski definition) is 6. The van der Waals surface area contributed by atoms with Gasteiger partial charge in [-0.1, -0.05) is 0 Å². The standard InChI is InChI=1S/C13H14N4O2/c14-17-12-4-5-15-13(16-12)9-2-3-10-11(8-9)19-7-1-6-18-10/h2-5,8H,1,6-7,14H2,(H,15,16,17). The van der Waals surface area contributed by atoms with Crippen LogP contribution < -0.4 is 20.7 Å². The first-order valence-corrected chi connectivity index (χ1v) is 6.06. The summed E-state index contributed by atoms with van der Waals surface area (Å²) < 4.78 is 11.2. The average Bonchev–Trinajstić information content (AvgIpc) is 2.71. The Balaban J connectivity index is 1.98. The zero-order valence-corrected chi connectivity index (χ0v) is 10.3. The summed E-state index contributed by atoms with van der Waals surface area (Å²) in [5, 5.41) is 0. The van der Waals surface area contributed by atoms with E-state index >= 15 is 0 Å². The number of anilines is 1. The number of benzene rings is 1. The smallest absolute Gasteiger partial charge is 0.161 e. The van der Waals surface area contributed by atoms with E-state index < -0.39 is 0 Å². The van der Waals surface area contributed by atoms with Gasteiger partial charge in [0, 0.05) is 24.2 Å². The van der Waals surface area contributed by atoms with Crippen LogP contribution in [0.1, 0.15) is 6.42 Å². The third kappa shape index (κ3) is 2.43. The van der Waals surface area contributed by atoms with Crippen LogP contribution in [0.25, 0.3) is 11.4 Å². The molecule has 1 aliphatic rings. The molecule has 0 amide bonds. The summed E-state index contributed by atoms with van der Waals surface area (Å²) in [5.74, 6) is 7.98. The maximum absolute atomic E-state index is 5.65. The summed E-state index contributed by atoms with van der Waals surface area (Å²) in [7, 11) is 0. The number of nitrogens with one attached hydrogen (secondary N) is 1. The predicted molar refractivity (Wildman–Crippen MR) is 70.9 cm³/mol. The fourth-order valence-electron chi connectivity index (χ4n) is 1.88. The molecule has 3 N–H and O–H groups in total. The summed E-state index contributed by atoms with van der Waals surface area (Å²) >= 11 is 0. The number of nitrogen functional groups attached to an aromatic ring is 1. The highest BCUT2D eigenvalue weighted by atomic mass is 16.5. The number of ether oxygens (including phenoxy) is 2. The van der Waals surface area contributed by atoms with Crippen LogP contribution in [0.3, 0.4) is 0 Å². The molecule has 6 heteroatoms. The van der Waals surface area contributed by atoms with Crippen LogP contribution in [-0.2, 0) is 0 Å².